The van der Waals surface area contributed by atoms with Crippen molar-refractivity contribution in [1.29, 1.82) is 0 Å². The van der Waals surface area contributed by atoms with Crippen LogP contribution in [0.15, 0.2) is 82.1 Å². The van der Waals surface area contributed by atoms with Gasteiger partial charge in [0, 0.05) is 4.47 Å². The number of rotatable bonds is 4. The molecule has 28 heavy (non-hydrogen) atoms. The molecule has 0 fully saturated rings. The Morgan fingerprint density at radius 2 is 1.64 bits per heavy atom. The molecule has 4 rings (SSSR count). The second-order valence-corrected chi connectivity index (χ2v) is 7.10. The number of aromatic nitrogens is 2. The van der Waals surface area contributed by atoms with E-state index in [1.165, 1.54) is 0 Å². The highest BCUT2D eigenvalue weighted by Crippen LogP contribution is 2.24. The number of hydrogen-bond donors (Lipinski definition) is 0. The number of nitrogens with zero attached hydrogens (tertiary/aromatic N) is 2. The fourth-order valence-electron chi connectivity index (χ4n) is 3.05. The van der Waals surface area contributed by atoms with E-state index in [-0.39, 0.29) is 5.56 Å². The molecule has 0 saturated carbocycles. The zero-order valence-corrected chi connectivity index (χ0v) is 16.8. The van der Waals surface area contributed by atoms with Gasteiger partial charge < -0.3 is 4.74 Å². The molecule has 0 unspecified atom stereocenters. The van der Waals surface area contributed by atoms with Crippen molar-refractivity contribution in [3.63, 3.8) is 0 Å². The zero-order chi connectivity index (χ0) is 19.5. The summed E-state index contributed by atoms with van der Waals surface area (Å²) in [5.41, 5.74) is 2.19. The van der Waals surface area contributed by atoms with Gasteiger partial charge in [-0.25, -0.2) is 4.98 Å². The van der Waals surface area contributed by atoms with Crippen LogP contribution in [-0.4, -0.2) is 16.7 Å². The summed E-state index contributed by atoms with van der Waals surface area (Å²) in [6, 6.07) is 22.7. The quantitative estimate of drug-likeness (QED) is 0.437. The maximum absolute atomic E-state index is 13.3. The number of benzene rings is 3. The Balaban J connectivity index is 1.96. The van der Waals surface area contributed by atoms with Crippen molar-refractivity contribution in [2.75, 3.05) is 7.11 Å². The van der Waals surface area contributed by atoms with Crippen LogP contribution in [-0.2, 0) is 0 Å². The van der Waals surface area contributed by atoms with Crippen molar-refractivity contribution in [1.82, 2.24) is 9.55 Å². The second kappa shape index (κ2) is 7.82. The van der Waals surface area contributed by atoms with Gasteiger partial charge >= 0.3 is 0 Å². The minimum atomic E-state index is -0.134. The molecule has 0 bridgehead atoms. The molecule has 3 aromatic carbocycles. The molecule has 0 N–H and O–H groups in total. The van der Waals surface area contributed by atoms with Crippen LogP contribution in [0.3, 0.4) is 0 Å². The highest BCUT2D eigenvalue weighted by molar-refractivity contribution is 9.10. The van der Waals surface area contributed by atoms with Gasteiger partial charge in [0.2, 0.25) is 0 Å². The average molecular weight is 433 g/mol. The summed E-state index contributed by atoms with van der Waals surface area (Å²) < 4.78 is 8.09. The Bertz CT molecular complexity index is 1230. The molecule has 0 spiro atoms. The van der Waals surface area contributed by atoms with Crippen LogP contribution in [0.25, 0.3) is 28.7 Å². The summed E-state index contributed by atoms with van der Waals surface area (Å²) >= 11 is 3.44. The molecule has 4 aromatic rings. The number of halogens is 1. The van der Waals surface area contributed by atoms with Gasteiger partial charge in [-0.2, -0.15) is 0 Å². The summed E-state index contributed by atoms with van der Waals surface area (Å²) in [4.78, 5) is 18.0. The number of fused-ring (bicyclic) bond motifs is 1. The minimum Gasteiger partial charge on any atom is -0.495 e. The van der Waals surface area contributed by atoms with Gasteiger partial charge in [-0.3, -0.25) is 9.36 Å². The Morgan fingerprint density at radius 3 is 2.43 bits per heavy atom. The van der Waals surface area contributed by atoms with Crippen LogP contribution in [0.5, 0.6) is 5.75 Å². The van der Waals surface area contributed by atoms with E-state index >= 15 is 0 Å². The third-order valence-corrected chi connectivity index (χ3v) is 4.95. The molecule has 0 atom stereocenters. The number of para-hydroxylation sites is 3. The van der Waals surface area contributed by atoms with Crippen molar-refractivity contribution in [2.24, 2.45) is 0 Å². The first-order valence-electron chi connectivity index (χ1n) is 8.76. The molecule has 5 heteroatoms. The normalized spacial score (nSPS) is 11.2. The lowest BCUT2D eigenvalue weighted by atomic mass is 10.2. The summed E-state index contributed by atoms with van der Waals surface area (Å²) in [6.07, 6.45) is 3.79. The van der Waals surface area contributed by atoms with Gasteiger partial charge in [0.05, 0.1) is 23.7 Å². The summed E-state index contributed by atoms with van der Waals surface area (Å²) in [5, 5.41) is 0.564. The highest BCUT2D eigenvalue weighted by Gasteiger charge is 2.14. The summed E-state index contributed by atoms with van der Waals surface area (Å²) in [5.74, 6) is 1.15. The molecule has 0 aliphatic heterocycles. The van der Waals surface area contributed by atoms with Crippen LogP contribution < -0.4 is 10.3 Å². The molecular formula is C23H17BrN2O2. The van der Waals surface area contributed by atoms with Crippen LogP contribution in [0.2, 0.25) is 0 Å². The molecule has 0 amide bonds. The van der Waals surface area contributed by atoms with Crippen LogP contribution in [0, 0.1) is 0 Å². The molecule has 1 aromatic heterocycles. The third-order valence-electron chi connectivity index (χ3n) is 4.42. The lowest BCUT2D eigenvalue weighted by Gasteiger charge is -2.14. The fraction of sp³-hybridized carbons (Fsp3) is 0.0435. The lowest BCUT2D eigenvalue weighted by molar-refractivity contribution is 0.412. The predicted octanol–water partition coefficient (Wildman–Crippen LogP) is 5.33. The minimum absolute atomic E-state index is 0.134. The van der Waals surface area contributed by atoms with E-state index in [0.717, 1.165) is 10.0 Å². The van der Waals surface area contributed by atoms with Gasteiger partial charge in [-0.1, -0.05) is 58.4 Å². The van der Waals surface area contributed by atoms with Gasteiger partial charge in [0.1, 0.15) is 11.6 Å². The van der Waals surface area contributed by atoms with Crippen molar-refractivity contribution in [2.45, 2.75) is 0 Å². The van der Waals surface area contributed by atoms with E-state index in [1.807, 2.05) is 78.9 Å². The number of ether oxygens (including phenoxy) is 1. The largest absolute Gasteiger partial charge is 0.495 e. The van der Waals surface area contributed by atoms with Crippen molar-refractivity contribution < 1.29 is 4.74 Å². The van der Waals surface area contributed by atoms with Crippen LogP contribution in [0.4, 0.5) is 0 Å². The monoisotopic (exact) mass is 432 g/mol. The summed E-state index contributed by atoms with van der Waals surface area (Å²) in [6.45, 7) is 0. The molecule has 0 aliphatic carbocycles. The summed E-state index contributed by atoms with van der Waals surface area (Å²) in [7, 11) is 1.59. The molecule has 0 saturated heterocycles. The van der Waals surface area contributed by atoms with Crippen molar-refractivity contribution in [3.05, 3.63) is 99.0 Å². The molecule has 1 heterocycles. The lowest BCUT2D eigenvalue weighted by Crippen LogP contribution is -2.22. The van der Waals surface area contributed by atoms with E-state index in [9.17, 15) is 4.79 Å². The van der Waals surface area contributed by atoms with Gasteiger partial charge in [0.25, 0.3) is 5.56 Å². The number of methoxy groups -OCH3 is 1. The fourth-order valence-corrected chi connectivity index (χ4v) is 3.32. The first-order chi connectivity index (χ1) is 13.7. The van der Waals surface area contributed by atoms with E-state index in [1.54, 1.807) is 17.7 Å². The van der Waals surface area contributed by atoms with Gasteiger partial charge in [-0.05, 0) is 48.0 Å². The maximum Gasteiger partial charge on any atom is 0.266 e. The van der Waals surface area contributed by atoms with Crippen LogP contribution in [0.1, 0.15) is 11.4 Å². The first-order valence-corrected chi connectivity index (χ1v) is 9.55. The molecule has 0 aliphatic rings. The third kappa shape index (κ3) is 3.49. The zero-order valence-electron chi connectivity index (χ0n) is 15.2. The molecule has 0 radical (unpaired) electrons. The van der Waals surface area contributed by atoms with Crippen LogP contribution >= 0.6 is 15.9 Å². The molecular weight excluding hydrogens is 416 g/mol. The topological polar surface area (TPSA) is 44.1 Å². The SMILES string of the molecule is COc1ccccc1-n1c(/C=C/c2ccc(Br)cc2)nc2ccccc2c1=O. The van der Waals surface area contributed by atoms with E-state index in [2.05, 4.69) is 15.9 Å². The van der Waals surface area contributed by atoms with Gasteiger partial charge in [-0.15, -0.1) is 0 Å². The second-order valence-electron chi connectivity index (χ2n) is 6.18. The maximum atomic E-state index is 13.3. The molecule has 4 nitrogen and oxygen atoms in total. The predicted molar refractivity (Wildman–Crippen MR) is 117 cm³/mol. The number of hydrogen-bond acceptors (Lipinski definition) is 3. The first kappa shape index (κ1) is 18.2. The molecule has 138 valence electrons. The van der Waals surface area contributed by atoms with Crippen molar-refractivity contribution >= 4 is 39.0 Å². The standard InChI is InChI=1S/C23H17BrN2O2/c1-28-21-9-5-4-8-20(21)26-22(15-12-16-10-13-17(24)14-11-16)25-19-7-3-2-6-18(19)23(26)27/h2-15H,1H3/b15-12+. The average Bonchev–Trinajstić information content (AvgIpc) is 2.73. The van der Waals surface area contributed by atoms with Gasteiger partial charge in [0.15, 0.2) is 0 Å². The Hall–Kier alpha value is -3.18. The Labute approximate surface area is 170 Å². The van der Waals surface area contributed by atoms with E-state index in [4.69, 9.17) is 9.72 Å². The Morgan fingerprint density at radius 1 is 0.929 bits per heavy atom. The van der Waals surface area contributed by atoms with Crippen molar-refractivity contribution in [3.8, 4) is 11.4 Å². The smallest absolute Gasteiger partial charge is 0.266 e. The van der Waals surface area contributed by atoms with E-state index < -0.39 is 0 Å². The Kier molecular flexibility index (Phi) is 5.08. The highest BCUT2D eigenvalue weighted by atomic mass is 79.9. The van der Waals surface area contributed by atoms with E-state index in [0.29, 0.717) is 28.2 Å².